The summed E-state index contributed by atoms with van der Waals surface area (Å²) in [5, 5.41) is 0.512. The molecule has 0 atom stereocenters. The molecule has 2 aromatic carbocycles. The van der Waals surface area contributed by atoms with E-state index in [1.165, 1.54) is 43.6 Å². The maximum Gasteiger partial charge on any atom is 0.255 e. The Morgan fingerprint density at radius 3 is 2.47 bits per heavy atom. The minimum Gasteiger partial charge on any atom is -0.383 e. The third kappa shape index (κ3) is 7.06. The summed E-state index contributed by atoms with van der Waals surface area (Å²) in [7, 11) is -2.36. The normalized spacial score (nSPS) is 11.8. The fourth-order valence-electron chi connectivity index (χ4n) is 3.74. The van der Waals surface area contributed by atoms with E-state index >= 15 is 0 Å². The number of imidazole rings is 1. The quantitative estimate of drug-likeness (QED) is 0.323. The van der Waals surface area contributed by atoms with E-state index in [-0.39, 0.29) is 47.5 Å². The highest BCUT2D eigenvalue weighted by Crippen LogP contribution is 2.25. The molecule has 0 unspecified atom stereocenters. The second-order valence-corrected chi connectivity index (χ2v) is 11.5. The van der Waals surface area contributed by atoms with Gasteiger partial charge in [-0.3, -0.25) is 4.79 Å². The van der Waals surface area contributed by atoms with E-state index in [9.17, 15) is 17.6 Å². The summed E-state index contributed by atoms with van der Waals surface area (Å²) in [4.78, 5) is 19.2. The van der Waals surface area contributed by atoms with Gasteiger partial charge in [-0.05, 0) is 41.8 Å². The van der Waals surface area contributed by atoms with Crippen LogP contribution in [0.2, 0.25) is 10.0 Å². The van der Waals surface area contributed by atoms with Crippen LogP contribution in [0.15, 0.2) is 53.8 Å². The molecule has 0 radical (unpaired) electrons. The standard InChI is InChI=1S/C25H28Cl2FN3O4S/c1-17(2)14-30(24(32)22-9-6-19(26)12-23(22)27)15-21-13-29-25(31(21)10-11-35-3)36(33,34)16-18-4-7-20(28)8-5-18/h4-9,12-13,17H,10-11,14-16H2,1-3H3. The molecule has 1 heterocycles. The van der Waals surface area contributed by atoms with E-state index < -0.39 is 15.7 Å². The molecule has 0 saturated heterocycles. The van der Waals surface area contributed by atoms with Gasteiger partial charge in [0.15, 0.2) is 0 Å². The van der Waals surface area contributed by atoms with E-state index in [1.807, 2.05) is 13.8 Å². The summed E-state index contributed by atoms with van der Waals surface area (Å²) in [6.07, 6.45) is 1.46. The lowest BCUT2D eigenvalue weighted by molar-refractivity contribution is 0.0717. The molecule has 7 nitrogen and oxygen atoms in total. The van der Waals surface area contributed by atoms with Crippen molar-refractivity contribution in [1.29, 1.82) is 0 Å². The van der Waals surface area contributed by atoms with E-state index in [0.717, 1.165) is 0 Å². The number of carbonyl (C=O) groups excluding carboxylic acids is 1. The molecule has 0 N–H and O–H groups in total. The zero-order valence-corrected chi connectivity index (χ0v) is 22.6. The van der Waals surface area contributed by atoms with Crippen LogP contribution in [0, 0.1) is 11.7 Å². The number of methoxy groups -OCH3 is 1. The number of nitrogens with zero attached hydrogens (tertiary/aromatic N) is 3. The van der Waals surface area contributed by atoms with Crippen LogP contribution in [0.25, 0.3) is 0 Å². The van der Waals surface area contributed by atoms with Crippen molar-refractivity contribution in [3.63, 3.8) is 0 Å². The van der Waals surface area contributed by atoms with E-state index in [2.05, 4.69) is 4.98 Å². The van der Waals surface area contributed by atoms with Crippen LogP contribution in [-0.2, 0) is 33.4 Å². The minimum atomic E-state index is -3.87. The summed E-state index contributed by atoms with van der Waals surface area (Å²) >= 11 is 12.3. The van der Waals surface area contributed by atoms with E-state index in [4.69, 9.17) is 27.9 Å². The number of hydrogen-bond acceptors (Lipinski definition) is 5. The monoisotopic (exact) mass is 555 g/mol. The average Bonchev–Trinajstić information content (AvgIpc) is 3.21. The average molecular weight is 556 g/mol. The van der Waals surface area contributed by atoms with Crippen molar-refractivity contribution in [2.24, 2.45) is 5.92 Å². The predicted octanol–water partition coefficient (Wildman–Crippen LogP) is 5.25. The molecular formula is C25H28Cl2FN3O4S. The predicted molar refractivity (Wildman–Crippen MR) is 137 cm³/mol. The van der Waals surface area contributed by atoms with E-state index in [1.54, 1.807) is 21.6 Å². The van der Waals surface area contributed by atoms with Crippen molar-refractivity contribution in [2.75, 3.05) is 20.3 Å². The molecule has 1 amide bonds. The van der Waals surface area contributed by atoms with Gasteiger partial charge in [-0.2, -0.15) is 0 Å². The Labute approximate surface area is 220 Å². The first-order valence-corrected chi connectivity index (χ1v) is 13.7. The zero-order valence-electron chi connectivity index (χ0n) is 20.2. The fraction of sp³-hybridized carbons (Fsp3) is 0.360. The Morgan fingerprint density at radius 2 is 1.86 bits per heavy atom. The third-order valence-corrected chi connectivity index (χ3v) is 7.50. The Bertz CT molecular complexity index is 1310. The molecule has 3 rings (SSSR count). The number of rotatable bonds is 11. The van der Waals surface area contributed by atoms with Gasteiger partial charge < -0.3 is 14.2 Å². The summed E-state index contributed by atoms with van der Waals surface area (Å²) in [6, 6.07) is 9.95. The Kier molecular flexibility index (Phi) is 9.52. The SMILES string of the molecule is COCCn1c(CN(CC(C)C)C(=O)c2ccc(Cl)cc2Cl)cnc1S(=O)(=O)Cc1ccc(F)cc1. The van der Waals surface area contributed by atoms with Gasteiger partial charge in [0.2, 0.25) is 15.0 Å². The molecule has 0 aliphatic heterocycles. The summed E-state index contributed by atoms with van der Waals surface area (Å²) in [6.45, 7) is 4.93. The van der Waals surface area contributed by atoms with Crippen LogP contribution >= 0.6 is 23.2 Å². The maximum absolute atomic E-state index is 13.4. The van der Waals surface area contributed by atoms with Crippen LogP contribution in [-0.4, -0.2) is 49.0 Å². The highest BCUT2D eigenvalue weighted by molar-refractivity contribution is 7.90. The van der Waals surface area contributed by atoms with Crippen molar-refractivity contribution in [3.05, 3.63) is 81.3 Å². The lowest BCUT2D eigenvalue weighted by Gasteiger charge is -2.26. The van der Waals surface area contributed by atoms with Crippen molar-refractivity contribution < 1.29 is 22.3 Å². The lowest BCUT2D eigenvalue weighted by atomic mass is 10.1. The van der Waals surface area contributed by atoms with Gasteiger partial charge in [-0.25, -0.2) is 17.8 Å². The largest absolute Gasteiger partial charge is 0.383 e. The van der Waals surface area contributed by atoms with Crippen molar-refractivity contribution in [3.8, 4) is 0 Å². The van der Waals surface area contributed by atoms with Crippen molar-refractivity contribution >= 4 is 38.9 Å². The minimum absolute atomic E-state index is 0.110. The van der Waals surface area contributed by atoms with Crippen LogP contribution in [0.3, 0.4) is 0 Å². The number of carbonyl (C=O) groups is 1. The maximum atomic E-state index is 13.4. The molecule has 194 valence electrons. The first-order valence-electron chi connectivity index (χ1n) is 11.3. The highest BCUT2D eigenvalue weighted by Gasteiger charge is 2.27. The third-order valence-electron chi connectivity index (χ3n) is 5.36. The molecule has 36 heavy (non-hydrogen) atoms. The molecule has 0 fully saturated rings. The van der Waals surface area contributed by atoms with Gasteiger partial charge in [0.25, 0.3) is 5.91 Å². The number of hydrogen-bond donors (Lipinski definition) is 0. The molecular weight excluding hydrogens is 528 g/mol. The molecule has 11 heteroatoms. The number of benzene rings is 2. The molecule has 0 spiro atoms. The summed E-state index contributed by atoms with van der Waals surface area (Å²) in [5.74, 6) is -0.959. The summed E-state index contributed by atoms with van der Waals surface area (Å²) in [5.41, 5.74) is 1.27. The molecule has 0 saturated carbocycles. The van der Waals surface area contributed by atoms with Gasteiger partial charge >= 0.3 is 0 Å². The number of ether oxygens (including phenoxy) is 1. The van der Waals surface area contributed by atoms with Crippen LogP contribution in [0.5, 0.6) is 0 Å². The van der Waals surface area contributed by atoms with E-state index in [0.29, 0.717) is 28.4 Å². The first-order chi connectivity index (χ1) is 17.0. The smallest absolute Gasteiger partial charge is 0.255 e. The number of amides is 1. The Hall–Kier alpha value is -2.46. The number of sulfone groups is 1. The van der Waals surface area contributed by atoms with Gasteiger partial charge in [0.05, 0.1) is 41.4 Å². The Balaban J connectivity index is 1.96. The van der Waals surface area contributed by atoms with Crippen LogP contribution in [0.1, 0.15) is 35.5 Å². The van der Waals surface area contributed by atoms with Gasteiger partial charge in [0, 0.05) is 25.2 Å². The number of aromatic nitrogens is 2. The molecule has 0 aliphatic carbocycles. The fourth-order valence-corrected chi connectivity index (χ4v) is 5.75. The first kappa shape index (κ1) is 28.1. The van der Waals surface area contributed by atoms with Gasteiger partial charge in [-0.1, -0.05) is 49.2 Å². The van der Waals surface area contributed by atoms with Crippen LogP contribution < -0.4 is 0 Å². The zero-order chi connectivity index (χ0) is 26.5. The van der Waals surface area contributed by atoms with Crippen LogP contribution in [0.4, 0.5) is 4.39 Å². The summed E-state index contributed by atoms with van der Waals surface area (Å²) < 4.78 is 46.5. The van der Waals surface area contributed by atoms with Crippen molar-refractivity contribution in [1.82, 2.24) is 14.5 Å². The second kappa shape index (κ2) is 12.2. The molecule has 0 bridgehead atoms. The topological polar surface area (TPSA) is 81.5 Å². The lowest BCUT2D eigenvalue weighted by Crippen LogP contribution is -2.35. The van der Waals surface area contributed by atoms with Gasteiger partial charge in [0.1, 0.15) is 5.82 Å². The molecule has 1 aromatic heterocycles. The second-order valence-electron chi connectivity index (χ2n) is 8.77. The van der Waals surface area contributed by atoms with Crippen molar-refractivity contribution in [2.45, 2.75) is 37.8 Å². The van der Waals surface area contributed by atoms with Gasteiger partial charge in [-0.15, -0.1) is 0 Å². The number of halogens is 3. The Morgan fingerprint density at radius 1 is 1.17 bits per heavy atom. The highest BCUT2D eigenvalue weighted by atomic mass is 35.5. The molecule has 3 aromatic rings. The molecule has 0 aliphatic rings.